The molecule has 0 saturated heterocycles. The number of methoxy groups -OCH3 is 1. The van der Waals surface area contributed by atoms with E-state index in [1.807, 2.05) is 6.07 Å². The SMILES string of the molecule is COC(=O)[C@@H](NC(=O)C1(N)CC1)c1ccccc1. The topological polar surface area (TPSA) is 81.4 Å². The molecule has 1 aliphatic rings. The summed E-state index contributed by atoms with van der Waals surface area (Å²) in [6, 6.07) is 8.16. The van der Waals surface area contributed by atoms with Crippen LogP contribution in [0.4, 0.5) is 0 Å². The second-order valence-corrected chi connectivity index (χ2v) is 4.50. The minimum Gasteiger partial charge on any atom is -0.467 e. The molecule has 3 N–H and O–H groups in total. The van der Waals surface area contributed by atoms with Crippen LogP contribution in [0, 0.1) is 0 Å². The van der Waals surface area contributed by atoms with Crippen molar-refractivity contribution in [3.8, 4) is 0 Å². The molecule has 1 saturated carbocycles. The molecule has 1 fully saturated rings. The molecular weight excluding hydrogens is 232 g/mol. The van der Waals surface area contributed by atoms with Gasteiger partial charge in [0.05, 0.1) is 12.6 Å². The van der Waals surface area contributed by atoms with Crippen LogP contribution in [0.3, 0.4) is 0 Å². The summed E-state index contributed by atoms with van der Waals surface area (Å²) in [5.74, 6) is -0.805. The lowest BCUT2D eigenvalue weighted by molar-refractivity contribution is -0.145. The Balaban J connectivity index is 2.16. The van der Waals surface area contributed by atoms with E-state index in [9.17, 15) is 9.59 Å². The van der Waals surface area contributed by atoms with Crippen molar-refractivity contribution in [2.75, 3.05) is 7.11 Å². The van der Waals surface area contributed by atoms with Crippen molar-refractivity contribution in [3.05, 3.63) is 35.9 Å². The van der Waals surface area contributed by atoms with E-state index in [1.54, 1.807) is 24.3 Å². The van der Waals surface area contributed by atoms with Crippen molar-refractivity contribution in [3.63, 3.8) is 0 Å². The summed E-state index contributed by atoms with van der Waals surface area (Å²) in [7, 11) is 1.29. The molecule has 18 heavy (non-hydrogen) atoms. The summed E-state index contributed by atoms with van der Waals surface area (Å²) < 4.78 is 4.71. The highest BCUT2D eigenvalue weighted by Gasteiger charge is 2.47. The summed E-state index contributed by atoms with van der Waals surface area (Å²) in [6.07, 6.45) is 1.31. The van der Waals surface area contributed by atoms with E-state index in [1.165, 1.54) is 7.11 Å². The number of esters is 1. The molecule has 1 atom stereocenters. The number of carbonyl (C=O) groups is 2. The molecule has 1 amide bonds. The number of amides is 1. The Labute approximate surface area is 105 Å². The Morgan fingerprint density at radius 3 is 2.44 bits per heavy atom. The van der Waals surface area contributed by atoms with E-state index >= 15 is 0 Å². The van der Waals surface area contributed by atoms with Gasteiger partial charge in [-0.05, 0) is 18.4 Å². The third-order valence-electron chi connectivity index (χ3n) is 3.09. The number of ether oxygens (including phenoxy) is 1. The highest BCUT2D eigenvalue weighted by atomic mass is 16.5. The molecule has 0 heterocycles. The van der Waals surface area contributed by atoms with E-state index in [4.69, 9.17) is 10.5 Å². The van der Waals surface area contributed by atoms with Crippen molar-refractivity contribution in [2.24, 2.45) is 5.73 Å². The summed E-state index contributed by atoms with van der Waals surface area (Å²) in [5, 5.41) is 2.65. The van der Waals surface area contributed by atoms with Gasteiger partial charge in [-0.15, -0.1) is 0 Å². The number of benzene rings is 1. The van der Waals surface area contributed by atoms with E-state index < -0.39 is 17.6 Å². The first-order valence-corrected chi connectivity index (χ1v) is 5.79. The number of hydrogen-bond acceptors (Lipinski definition) is 4. The highest BCUT2D eigenvalue weighted by molar-refractivity contribution is 5.92. The molecule has 1 aromatic carbocycles. The minimum atomic E-state index is -0.805. The maximum absolute atomic E-state index is 11.9. The first-order valence-electron chi connectivity index (χ1n) is 5.79. The van der Waals surface area contributed by atoms with Gasteiger partial charge >= 0.3 is 5.97 Å². The predicted molar refractivity (Wildman–Crippen MR) is 65.5 cm³/mol. The second-order valence-electron chi connectivity index (χ2n) is 4.50. The van der Waals surface area contributed by atoms with Gasteiger partial charge < -0.3 is 15.8 Å². The highest BCUT2D eigenvalue weighted by Crippen LogP contribution is 2.33. The average molecular weight is 248 g/mol. The van der Waals surface area contributed by atoms with Gasteiger partial charge in [0.15, 0.2) is 6.04 Å². The second kappa shape index (κ2) is 4.78. The quantitative estimate of drug-likeness (QED) is 0.761. The lowest BCUT2D eigenvalue weighted by Crippen LogP contribution is -2.46. The van der Waals surface area contributed by atoms with Crippen LogP contribution in [0.25, 0.3) is 0 Å². The zero-order valence-electron chi connectivity index (χ0n) is 10.2. The Bertz CT molecular complexity index is 455. The van der Waals surface area contributed by atoms with Gasteiger partial charge in [-0.3, -0.25) is 4.79 Å². The van der Waals surface area contributed by atoms with Crippen molar-refractivity contribution in [1.29, 1.82) is 0 Å². The fraction of sp³-hybridized carbons (Fsp3) is 0.385. The number of nitrogens with two attached hydrogens (primary N) is 1. The molecular formula is C13H16N2O3. The molecule has 0 bridgehead atoms. The maximum Gasteiger partial charge on any atom is 0.333 e. The predicted octanol–water partition coefficient (Wildman–Crippen LogP) is 0.508. The molecule has 0 aliphatic heterocycles. The van der Waals surface area contributed by atoms with E-state index in [2.05, 4.69) is 5.32 Å². The molecule has 1 aromatic rings. The van der Waals surface area contributed by atoms with Gasteiger partial charge in [-0.25, -0.2) is 4.79 Å². The van der Waals surface area contributed by atoms with Crippen LogP contribution in [0.1, 0.15) is 24.4 Å². The molecule has 0 aromatic heterocycles. The van der Waals surface area contributed by atoms with Gasteiger partial charge in [0, 0.05) is 0 Å². The fourth-order valence-corrected chi connectivity index (χ4v) is 1.68. The summed E-state index contributed by atoms with van der Waals surface area (Å²) in [4.78, 5) is 23.6. The normalized spacial score (nSPS) is 17.7. The van der Waals surface area contributed by atoms with E-state index in [0.29, 0.717) is 18.4 Å². The van der Waals surface area contributed by atoms with Crippen LogP contribution >= 0.6 is 0 Å². The van der Waals surface area contributed by atoms with Crippen LogP contribution in [-0.4, -0.2) is 24.5 Å². The lowest BCUT2D eigenvalue weighted by Gasteiger charge is -2.19. The summed E-state index contributed by atoms with van der Waals surface area (Å²) in [6.45, 7) is 0. The Hall–Kier alpha value is -1.88. The molecule has 1 aliphatic carbocycles. The first kappa shape index (κ1) is 12.6. The van der Waals surface area contributed by atoms with Crippen LogP contribution < -0.4 is 11.1 Å². The number of hydrogen-bond donors (Lipinski definition) is 2. The van der Waals surface area contributed by atoms with Crippen LogP contribution in [0.15, 0.2) is 30.3 Å². The van der Waals surface area contributed by atoms with Crippen LogP contribution in [0.2, 0.25) is 0 Å². The molecule has 0 radical (unpaired) electrons. The van der Waals surface area contributed by atoms with Gasteiger partial charge in [-0.1, -0.05) is 30.3 Å². The fourth-order valence-electron chi connectivity index (χ4n) is 1.68. The molecule has 5 nitrogen and oxygen atoms in total. The van der Waals surface area contributed by atoms with Crippen molar-refractivity contribution in [1.82, 2.24) is 5.32 Å². The standard InChI is InChI=1S/C13H16N2O3/c1-18-11(16)10(9-5-3-2-4-6-9)15-12(17)13(14)7-8-13/h2-6,10H,7-8,14H2,1H3,(H,15,17)/t10-/m0/s1. The van der Waals surface area contributed by atoms with E-state index in [0.717, 1.165) is 0 Å². The summed E-state index contributed by atoms with van der Waals surface area (Å²) >= 11 is 0. The molecule has 0 unspecified atom stereocenters. The van der Waals surface area contributed by atoms with Gasteiger partial charge in [0.25, 0.3) is 0 Å². The third-order valence-corrected chi connectivity index (χ3v) is 3.09. The Morgan fingerprint density at radius 1 is 1.33 bits per heavy atom. The number of nitrogens with one attached hydrogen (secondary N) is 1. The van der Waals surface area contributed by atoms with Gasteiger partial charge in [-0.2, -0.15) is 0 Å². The Kier molecular flexibility index (Phi) is 3.34. The zero-order chi connectivity index (χ0) is 13.2. The molecule has 5 heteroatoms. The van der Waals surface area contributed by atoms with Crippen LogP contribution in [0.5, 0.6) is 0 Å². The Morgan fingerprint density at radius 2 is 1.94 bits per heavy atom. The largest absolute Gasteiger partial charge is 0.467 e. The minimum absolute atomic E-state index is 0.304. The first-order chi connectivity index (χ1) is 8.57. The number of carbonyl (C=O) groups excluding carboxylic acids is 2. The van der Waals surface area contributed by atoms with Crippen molar-refractivity contribution in [2.45, 2.75) is 24.4 Å². The smallest absolute Gasteiger partial charge is 0.333 e. The van der Waals surface area contributed by atoms with Gasteiger partial charge in [0.2, 0.25) is 5.91 Å². The van der Waals surface area contributed by atoms with Gasteiger partial charge in [0.1, 0.15) is 0 Å². The molecule has 0 spiro atoms. The van der Waals surface area contributed by atoms with Crippen LogP contribution in [-0.2, 0) is 14.3 Å². The van der Waals surface area contributed by atoms with Crippen molar-refractivity contribution < 1.29 is 14.3 Å². The maximum atomic E-state index is 11.9. The van der Waals surface area contributed by atoms with E-state index in [-0.39, 0.29) is 5.91 Å². The molecule has 96 valence electrons. The lowest BCUT2D eigenvalue weighted by atomic mass is 10.1. The molecule has 2 rings (SSSR count). The van der Waals surface area contributed by atoms with Crippen molar-refractivity contribution >= 4 is 11.9 Å². The average Bonchev–Trinajstić information content (AvgIpc) is 3.15. The zero-order valence-corrected chi connectivity index (χ0v) is 10.2. The monoisotopic (exact) mass is 248 g/mol. The third kappa shape index (κ3) is 2.51. The summed E-state index contributed by atoms with van der Waals surface area (Å²) in [5.41, 5.74) is 5.67. The number of rotatable bonds is 4.